The normalized spacial score (nSPS) is 11.4. The van der Waals surface area contributed by atoms with Crippen molar-refractivity contribution in [1.29, 1.82) is 0 Å². The Balaban J connectivity index is 2.48. The number of hydrogen-bond donors (Lipinski definition) is 1. The highest BCUT2D eigenvalue weighted by Gasteiger charge is 2.11. The molecular formula is C18H24N2O2. The molecule has 2 aromatic rings. The first kappa shape index (κ1) is 16.4. The zero-order chi connectivity index (χ0) is 16.3. The van der Waals surface area contributed by atoms with Gasteiger partial charge in [-0.1, -0.05) is 52.0 Å². The molecule has 0 aliphatic heterocycles. The van der Waals surface area contributed by atoms with Crippen LogP contribution in [0.5, 0.6) is 0 Å². The monoisotopic (exact) mass is 300 g/mol. The van der Waals surface area contributed by atoms with Crippen LogP contribution in [0.15, 0.2) is 35.1 Å². The van der Waals surface area contributed by atoms with Crippen molar-refractivity contribution in [2.75, 3.05) is 0 Å². The number of aliphatic hydroxyl groups is 1. The summed E-state index contributed by atoms with van der Waals surface area (Å²) in [6.07, 6.45) is 0. The smallest absolute Gasteiger partial charge is 0.272 e. The lowest BCUT2D eigenvalue weighted by atomic mass is 10.0. The third kappa shape index (κ3) is 3.63. The number of aromatic nitrogens is 2. The maximum atomic E-state index is 12.2. The Morgan fingerprint density at radius 3 is 2.27 bits per heavy atom. The van der Waals surface area contributed by atoms with Gasteiger partial charge < -0.3 is 5.11 Å². The zero-order valence-corrected chi connectivity index (χ0v) is 13.7. The summed E-state index contributed by atoms with van der Waals surface area (Å²) >= 11 is 0. The van der Waals surface area contributed by atoms with E-state index >= 15 is 0 Å². The van der Waals surface area contributed by atoms with Crippen LogP contribution in [0.3, 0.4) is 0 Å². The van der Waals surface area contributed by atoms with Crippen LogP contribution < -0.4 is 5.56 Å². The lowest BCUT2D eigenvalue weighted by Gasteiger charge is -2.12. The number of nitrogens with zero attached hydrogens (tertiary/aromatic N) is 2. The highest BCUT2D eigenvalue weighted by molar-refractivity contribution is 5.59. The van der Waals surface area contributed by atoms with E-state index in [1.165, 1.54) is 10.2 Å². The molecule has 0 saturated carbocycles. The molecule has 0 aliphatic carbocycles. The van der Waals surface area contributed by atoms with Gasteiger partial charge in [-0.25, -0.2) is 4.68 Å². The number of hydrogen-bond acceptors (Lipinski definition) is 3. The Morgan fingerprint density at radius 2 is 1.77 bits per heavy atom. The third-order valence-electron chi connectivity index (χ3n) is 3.63. The minimum atomic E-state index is -0.267. The fourth-order valence-corrected chi connectivity index (χ4v) is 2.36. The van der Waals surface area contributed by atoms with E-state index in [9.17, 15) is 9.90 Å². The Labute approximate surface area is 131 Å². The van der Waals surface area contributed by atoms with Crippen molar-refractivity contribution < 1.29 is 5.11 Å². The van der Waals surface area contributed by atoms with E-state index in [1.807, 2.05) is 26.0 Å². The first-order chi connectivity index (χ1) is 10.4. The predicted molar refractivity (Wildman–Crippen MR) is 88.8 cm³/mol. The first-order valence-corrected chi connectivity index (χ1v) is 7.74. The summed E-state index contributed by atoms with van der Waals surface area (Å²) in [5.74, 6) is 0.792. The van der Waals surface area contributed by atoms with Crippen molar-refractivity contribution in [1.82, 2.24) is 9.78 Å². The molecule has 1 N–H and O–H groups in total. The SMILES string of the molecule is CC(C)Cn1nc(-c2ccc(C(C)C)cc2)cc(CO)c1=O. The summed E-state index contributed by atoms with van der Waals surface area (Å²) in [6.45, 7) is 8.66. The molecule has 0 atom stereocenters. The molecular weight excluding hydrogens is 276 g/mol. The molecule has 1 aromatic heterocycles. The van der Waals surface area contributed by atoms with E-state index in [0.29, 0.717) is 23.9 Å². The second-order valence-corrected chi connectivity index (χ2v) is 6.37. The fraction of sp³-hybridized carbons (Fsp3) is 0.444. The largest absolute Gasteiger partial charge is 0.391 e. The standard InChI is InChI=1S/C18H24N2O2/c1-12(2)10-20-18(22)16(11-21)9-17(19-20)15-7-5-14(6-8-15)13(3)4/h5-9,12-13,21H,10-11H2,1-4H3. The Hall–Kier alpha value is -1.94. The Bertz CT molecular complexity index is 685. The van der Waals surface area contributed by atoms with E-state index in [2.05, 4.69) is 31.1 Å². The molecule has 0 amide bonds. The Kier molecular flexibility index (Phi) is 5.14. The second-order valence-electron chi connectivity index (χ2n) is 6.37. The molecule has 0 bridgehead atoms. The van der Waals surface area contributed by atoms with Gasteiger partial charge in [0.2, 0.25) is 0 Å². The van der Waals surface area contributed by atoms with E-state index in [-0.39, 0.29) is 12.2 Å². The van der Waals surface area contributed by atoms with Gasteiger partial charge >= 0.3 is 0 Å². The highest BCUT2D eigenvalue weighted by Crippen LogP contribution is 2.21. The lowest BCUT2D eigenvalue weighted by molar-refractivity contribution is 0.277. The van der Waals surface area contributed by atoms with E-state index < -0.39 is 0 Å². The van der Waals surface area contributed by atoms with E-state index in [1.54, 1.807) is 6.07 Å². The third-order valence-corrected chi connectivity index (χ3v) is 3.63. The molecule has 118 valence electrons. The maximum Gasteiger partial charge on any atom is 0.272 e. The molecule has 0 aliphatic rings. The van der Waals surface area contributed by atoms with Crippen molar-refractivity contribution in [3.63, 3.8) is 0 Å². The van der Waals surface area contributed by atoms with Crippen LogP contribution in [0.2, 0.25) is 0 Å². The second kappa shape index (κ2) is 6.88. The van der Waals surface area contributed by atoms with E-state index in [4.69, 9.17) is 0 Å². The van der Waals surface area contributed by atoms with Gasteiger partial charge in [0.1, 0.15) is 0 Å². The van der Waals surface area contributed by atoms with Gasteiger partial charge in [-0.2, -0.15) is 5.10 Å². The van der Waals surface area contributed by atoms with Crippen LogP contribution in [0.1, 0.15) is 44.7 Å². The summed E-state index contributed by atoms with van der Waals surface area (Å²) in [4.78, 5) is 12.2. The number of rotatable bonds is 5. The minimum absolute atomic E-state index is 0.209. The van der Waals surface area contributed by atoms with Gasteiger partial charge in [-0.3, -0.25) is 4.79 Å². The molecule has 0 saturated heterocycles. The molecule has 4 nitrogen and oxygen atoms in total. The van der Waals surface area contributed by atoms with E-state index in [0.717, 1.165) is 11.3 Å². The first-order valence-electron chi connectivity index (χ1n) is 7.74. The average molecular weight is 300 g/mol. The maximum absolute atomic E-state index is 12.2. The molecule has 22 heavy (non-hydrogen) atoms. The summed E-state index contributed by atoms with van der Waals surface area (Å²) in [5, 5.41) is 13.9. The molecule has 1 heterocycles. The van der Waals surface area contributed by atoms with Crippen molar-refractivity contribution in [2.24, 2.45) is 5.92 Å². The van der Waals surface area contributed by atoms with Crippen LogP contribution in [-0.2, 0) is 13.2 Å². The summed E-state index contributed by atoms with van der Waals surface area (Å²) in [7, 11) is 0. The van der Waals surface area contributed by atoms with Crippen LogP contribution in [0.4, 0.5) is 0 Å². The van der Waals surface area contributed by atoms with Crippen molar-refractivity contribution in [2.45, 2.75) is 46.8 Å². The summed E-state index contributed by atoms with van der Waals surface area (Å²) in [5.41, 5.74) is 3.12. The minimum Gasteiger partial charge on any atom is -0.391 e. The van der Waals surface area contributed by atoms with Crippen molar-refractivity contribution >= 4 is 0 Å². The van der Waals surface area contributed by atoms with Crippen LogP contribution in [-0.4, -0.2) is 14.9 Å². The quantitative estimate of drug-likeness (QED) is 0.922. The van der Waals surface area contributed by atoms with Gasteiger partial charge in [0.15, 0.2) is 0 Å². The van der Waals surface area contributed by atoms with Crippen LogP contribution in [0.25, 0.3) is 11.3 Å². The van der Waals surface area contributed by atoms with Gasteiger partial charge in [0, 0.05) is 17.7 Å². The summed E-state index contributed by atoms with van der Waals surface area (Å²) in [6, 6.07) is 9.88. The van der Waals surface area contributed by atoms with Crippen molar-refractivity contribution in [3.8, 4) is 11.3 Å². The van der Waals surface area contributed by atoms with Crippen LogP contribution >= 0.6 is 0 Å². The number of benzene rings is 1. The number of aliphatic hydroxyl groups excluding tert-OH is 1. The topological polar surface area (TPSA) is 55.1 Å². The molecule has 0 unspecified atom stereocenters. The zero-order valence-electron chi connectivity index (χ0n) is 13.7. The lowest BCUT2D eigenvalue weighted by Crippen LogP contribution is -2.28. The molecule has 0 fully saturated rings. The molecule has 0 radical (unpaired) electrons. The average Bonchev–Trinajstić information content (AvgIpc) is 2.49. The van der Waals surface area contributed by atoms with Gasteiger partial charge in [-0.05, 0) is 23.5 Å². The molecule has 1 aromatic carbocycles. The van der Waals surface area contributed by atoms with Crippen LogP contribution in [0, 0.1) is 5.92 Å². The molecule has 0 spiro atoms. The summed E-state index contributed by atoms with van der Waals surface area (Å²) < 4.78 is 1.46. The van der Waals surface area contributed by atoms with Gasteiger partial charge in [-0.15, -0.1) is 0 Å². The van der Waals surface area contributed by atoms with Gasteiger partial charge in [0.05, 0.1) is 12.3 Å². The highest BCUT2D eigenvalue weighted by atomic mass is 16.3. The molecule has 4 heteroatoms. The van der Waals surface area contributed by atoms with Gasteiger partial charge in [0.25, 0.3) is 5.56 Å². The van der Waals surface area contributed by atoms with Crippen molar-refractivity contribution in [3.05, 3.63) is 51.8 Å². The molecule has 2 rings (SSSR count). The Morgan fingerprint density at radius 1 is 1.14 bits per heavy atom. The predicted octanol–water partition coefficient (Wildman–Crippen LogP) is 3.18. The fourth-order valence-electron chi connectivity index (χ4n) is 2.36.